The maximum atomic E-state index is 14.2. The molecule has 0 amide bonds. The SMILES string of the molecule is CC(F)Sc1nc2n(n1)[C@H](C1(C)C=CC=CC1)C[C@@H]2F. The van der Waals surface area contributed by atoms with Crippen LogP contribution in [-0.2, 0) is 0 Å². The second-order valence-corrected chi connectivity index (χ2v) is 6.82. The van der Waals surface area contributed by atoms with E-state index in [1.54, 1.807) is 4.68 Å². The molecule has 1 aromatic heterocycles. The number of thioether (sulfide) groups is 1. The largest absolute Gasteiger partial charge is 0.242 e. The Bertz CT molecular complexity index is 567. The van der Waals surface area contributed by atoms with Crippen molar-refractivity contribution in [1.82, 2.24) is 14.8 Å². The van der Waals surface area contributed by atoms with Gasteiger partial charge in [0.2, 0.25) is 5.16 Å². The summed E-state index contributed by atoms with van der Waals surface area (Å²) in [6.07, 6.45) is 8.30. The number of hydrogen-bond acceptors (Lipinski definition) is 3. The molecule has 1 aliphatic carbocycles. The Balaban J connectivity index is 1.92. The van der Waals surface area contributed by atoms with Crippen molar-refractivity contribution >= 4 is 11.8 Å². The number of nitrogens with zero attached hydrogens (tertiary/aromatic N) is 3. The minimum absolute atomic E-state index is 0.0644. The van der Waals surface area contributed by atoms with Crippen molar-refractivity contribution < 1.29 is 8.78 Å². The molecule has 1 aliphatic heterocycles. The highest BCUT2D eigenvalue weighted by molar-refractivity contribution is 7.99. The lowest BCUT2D eigenvalue weighted by Crippen LogP contribution is -2.27. The van der Waals surface area contributed by atoms with E-state index < -0.39 is 11.7 Å². The van der Waals surface area contributed by atoms with Crippen LogP contribution in [0.2, 0.25) is 0 Å². The Morgan fingerprint density at radius 3 is 2.95 bits per heavy atom. The summed E-state index contributed by atoms with van der Waals surface area (Å²) in [6.45, 7) is 3.53. The second kappa shape index (κ2) is 4.98. The average molecular weight is 297 g/mol. The zero-order valence-electron chi connectivity index (χ0n) is 11.5. The quantitative estimate of drug-likeness (QED) is 0.785. The first kappa shape index (κ1) is 13.8. The second-order valence-electron chi connectivity index (χ2n) is 5.57. The highest BCUT2D eigenvalue weighted by Gasteiger charge is 2.43. The first-order chi connectivity index (χ1) is 9.49. The molecule has 3 rings (SSSR count). The topological polar surface area (TPSA) is 30.7 Å². The number of rotatable bonds is 3. The van der Waals surface area contributed by atoms with E-state index in [-0.39, 0.29) is 11.5 Å². The maximum absolute atomic E-state index is 14.2. The van der Waals surface area contributed by atoms with E-state index >= 15 is 0 Å². The van der Waals surface area contributed by atoms with E-state index in [1.807, 2.05) is 12.2 Å². The number of aromatic nitrogens is 3. The molecule has 4 atom stereocenters. The van der Waals surface area contributed by atoms with Gasteiger partial charge in [-0.25, -0.2) is 18.4 Å². The zero-order chi connectivity index (χ0) is 14.3. The average Bonchev–Trinajstić information content (AvgIpc) is 2.90. The van der Waals surface area contributed by atoms with Crippen molar-refractivity contribution in [2.75, 3.05) is 0 Å². The van der Waals surface area contributed by atoms with E-state index in [9.17, 15) is 8.78 Å². The minimum Gasteiger partial charge on any atom is -0.242 e. The molecule has 0 aromatic carbocycles. The molecule has 2 unspecified atom stereocenters. The van der Waals surface area contributed by atoms with Crippen LogP contribution in [-0.4, -0.2) is 20.3 Å². The van der Waals surface area contributed by atoms with E-state index in [1.165, 1.54) is 6.92 Å². The van der Waals surface area contributed by atoms with E-state index in [4.69, 9.17) is 0 Å². The molecule has 0 radical (unpaired) electrons. The summed E-state index contributed by atoms with van der Waals surface area (Å²) in [6, 6.07) is -0.0644. The van der Waals surface area contributed by atoms with Crippen molar-refractivity contribution in [1.29, 1.82) is 0 Å². The predicted octanol–water partition coefficient (Wildman–Crippen LogP) is 4.16. The third-order valence-electron chi connectivity index (χ3n) is 3.95. The van der Waals surface area contributed by atoms with Gasteiger partial charge in [-0.1, -0.05) is 31.2 Å². The Hall–Kier alpha value is -1.17. The molecule has 2 heterocycles. The molecule has 3 nitrogen and oxygen atoms in total. The van der Waals surface area contributed by atoms with Gasteiger partial charge in [0.1, 0.15) is 0 Å². The Labute approximate surface area is 121 Å². The monoisotopic (exact) mass is 297 g/mol. The lowest BCUT2D eigenvalue weighted by molar-refractivity contribution is 0.217. The number of halogens is 2. The number of alkyl halides is 2. The Morgan fingerprint density at radius 2 is 2.30 bits per heavy atom. The standard InChI is InChI=1S/C14H17F2N3S/c1-9(15)20-13-17-12-10(16)8-11(19(12)18-13)14(2)6-4-3-5-7-14/h3-6,9-11H,7-8H2,1-2H3/t9?,10-,11-,14?/m0/s1. The van der Waals surface area contributed by atoms with Gasteiger partial charge < -0.3 is 0 Å². The molecular weight excluding hydrogens is 280 g/mol. The summed E-state index contributed by atoms with van der Waals surface area (Å²) in [5.41, 5.74) is -1.26. The van der Waals surface area contributed by atoms with Gasteiger partial charge in [-0.3, -0.25) is 0 Å². The fourth-order valence-corrected chi connectivity index (χ4v) is 3.47. The molecule has 20 heavy (non-hydrogen) atoms. The van der Waals surface area contributed by atoms with Crippen LogP contribution in [0.5, 0.6) is 0 Å². The van der Waals surface area contributed by atoms with Crippen LogP contribution in [0.25, 0.3) is 0 Å². The first-order valence-electron chi connectivity index (χ1n) is 6.75. The highest BCUT2D eigenvalue weighted by Crippen LogP contribution is 2.49. The first-order valence-corrected chi connectivity index (χ1v) is 7.63. The summed E-state index contributed by atoms with van der Waals surface area (Å²) < 4.78 is 28.9. The van der Waals surface area contributed by atoms with Crippen LogP contribution in [0.1, 0.15) is 44.7 Å². The van der Waals surface area contributed by atoms with Crippen molar-refractivity contribution in [3.05, 3.63) is 30.1 Å². The van der Waals surface area contributed by atoms with Gasteiger partial charge in [0.05, 0.1) is 6.04 Å². The van der Waals surface area contributed by atoms with Crippen LogP contribution < -0.4 is 0 Å². The highest BCUT2D eigenvalue weighted by atomic mass is 32.2. The van der Waals surface area contributed by atoms with Gasteiger partial charge in [0.15, 0.2) is 17.5 Å². The van der Waals surface area contributed by atoms with Gasteiger partial charge in [0, 0.05) is 11.8 Å². The van der Waals surface area contributed by atoms with Crippen molar-refractivity contribution in [3.8, 4) is 0 Å². The molecule has 0 saturated carbocycles. The smallest absolute Gasteiger partial charge is 0.211 e. The van der Waals surface area contributed by atoms with Crippen LogP contribution in [0.3, 0.4) is 0 Å². The van der Waals surface area contributed by atoms with E-state index in [0.29, 0.717) is 17.4 Å². The normalized spacial score (nSPS) is 33.4. The third-order valence-corrected chi connectivity index (χ3v) is 4.66. The van der Waals surface area contributed by atoms with Crippen LogP contribution in [0, 0.1) is 5.41 Å². The number of allylic oxidation sites excluding steroid dienone is 4. The third kappa shape index (κ3) is 2.30. The van der Waals surface area contributed by atoms with Gasteiger partial charge in [0.25, 0.3) is 0 Å². The van der Waals surface area contributed by atoms with Gasteiger partial charge in [-0.15, -0.1) is 5.10 Å². The Kier molecular flexibility index (Phi) is 3.44. The van der Waals surface area contributed by atoms with Gasteiger partial charge in [-0.05, 0) is 25.1 Å². The molecule has 6 heteroatoms. The molecule has 2 aliphatic rings. The van der Waals surface area contributed by atoms with Gasteiger partial charge in [-0.2, -0.15) is 0 Å². The molecule has 0 bridgehead atoms. The van der Waals surface area contributed by atoms with Crippen molar-refractivity contribution in [2.45, 2.75) is 49.6 Å². The minimum atomic E-state index is -1.12. The predicted molar refractivity (Wildman–Crippen MR) is 75.0 cm³/mol. The Morgan fingerprint density at radius 1 is 1.50 bits per heavy atom. The van der Waals surface area contributed by atoms with Crippen LogP contribution in [0.4, 0.5) is 8.78 Å². The summed E-state index contributed by atoms with van der Waals surface area (Å²) in [7, 11) is 0. The number of fused-ring (bicyclic) bond motifs is 1. The van der Waals surface area contributed by atoms with Crippen LogP contribution >= 0.6 is 11.8 Å². The zero-order valence-corrected chi connectivity index (χ0v) is 12.3. The summed E-state index contributed by atoms with van der Waals surface area (Å²) in [4.78, 5) is 4.15. The fourth-order valence-electron chi connectivity index (χ4n) is 2.89. The van der Waals surface area contributed by atoms with Crippen molar-refractivity contribution in [3.63, 3.8) is 0 Å². The molecule has 0 fully saturated rings. The summed E-state index contributed by atoms with van der Waals surface area (Å²) in [5, 5.41) is 4.63. The van der Waals surface area contributed by atoms with E-state index in [0.717, 1.165) is 18.2 Å². The molecular formula is C14H17F2N3S. The number of hydrogen-bond donors (Lipinski definition) is 0. The summed E-state index contributed by atoms with van der Waals surface area (Å²) in [5.74, 6) is 0.335. The molecule has 1 aromatic rings. The maximum Gasteiger partial charge on any atom is 0.211 e. The van der Waals surface area contributed by atoms with E-state index in [2.05, 4.69) is 29.2 Å². The molecule has 0 spiro atoms. The van der Waals surface area contributed by atoms with Gasteiger partial charge >= 0.3 is 0 Å². The van der Waals surface area contributed by atoms with Crippen molar-refractivity contribution in [2.24, 2.45) is 5.41 Å². The molecule has 0 N–H and O–H groups in total. The molecule has 0 saturated heterocycles. The summed E-state index contributed by atoms with van der Waals surface area (Å²) >= 11 is 0.924. The van der Waals surface area contributed by atoms with Crippen LogP contribution in [0.15, 0.2) is 29.5 Å². The lowest BCUT2D eigenvalue weighted by atomic mass is 9.76. The molecule has 108 valence electrons. The lowest BCUT2D eigenvalue weighted by Gasteiger charge is -2.33. The fraction of sp³-hybridized carbons (Fsp3) is 0.571.